The van der Waals surface area contributed by atoms with Gasteiger partial charge in [-0.1, -0.05) is 0 Å². The van der Waals surface area contributed by atoms with Crippen LogP contribution in [0.2, 0.25) is 0 Å². The molecule has 0 saturated carbocycles. The molecule has 0 radical (unpaired) electrons. The summed E-state index contributed by atoms with van der Waals surface area (Å²) in [6.07, 6.45) is 5.22. The van der Waals surface area contributed by atoms with Crippen LogP contribution in [0.4, 0.5) is 5.13 Å². The van der Waals surface area contributed by atoms with E-state index in [0.717, 1.165) is 18.7 Å². The standard InChI is InChI=1S/C15H18N6O2S/c22-12-7-11(8-21(12)15-16-3-6-24-15)14(23)20-4-1-10(2-5-20)13-17-9-18-19-13/h3,6,9-11H,1-2,4-5,7-8H2,(H,17,18,19). The predicted molar refractivity (Wildman–Crippen MR) is 87.5 cm³/mol. The Hall–Kier alpha value is -2.29. The second kappa shape index (κ2) is 6.31. The van der Waals surface area contributed by atoms with Crippen LogP contribution >= 0.6 is 11.3 Å². The lowest BCUT2D eigenvalue weighted by Crippen LogP contribution is -2.42. The lowest BCUT2D eigenvalue weighted by atomic mass is 9.95. The highest BCUT2D eigenvalue weighted by Crippen LogP contribution is 2.30. The summed E-state index contributed by atoms with van der Waals surface area (Å²) in [6.45, 7) is 1.84. The molecule has 9 heteroatoms. The second-order valence-corrected chi connectivity index (χ2v) is 7.06. The molecule has 126 valence electrons. The average Bonchev–Trinajstić information content (AvgIpc) is 3.35. The first-order valence-corrected chi connectivity index (χ1v) is 8.94. The van der Waals surface area contributed by atoms with Crippen LogP contribution < -0.4 is 4.90 Å². The minimum atomic E-state index is -0.261. The molecule has 0 spiro atoms. The zero-order valence-electron chi connectivity index (χ0n) is 13.1. The van der Waals surface area contributed by atoms with E-state index in [2.05, 4.69) is 20.2 Å². The third-order valence-corrected chi connectivity index (χ3v) is 5.55. The molecule has 4 rings (SSSR count). The van der Waals surface area contributed by atoms with Crippen LogP contribution in [0.15, 0.2) is 17.9 Å². The summed E-state index contributed by atoms with van der Waals surface area (Å²) in [7, 11) is 0. The molecule has 2 saturated heterocycles. The van der Waals surface area contributed by atoms with Crippen molar-refractivity contribution in [3.8, 4) is 0 Å². The Labute approximate surface area is 142 Å². The van der Waals surface area contributed by atoms with Gasteiger partial charge in [-0.25, -0.2) is 9.97 Å². The van der Waals surface area contributed by atoms with Crippen molar-refractivity contribution in [1.82, 2.24) is 25.1 Å². The molecule has 4 heterocycles. The summed E-state index contributed by atoms with van der Waals surface area (Å²) in [5.74, 6) is 1.03. The van der Waals surface area contributed by atoms with E-state index < -0.39 is 0 Å². The van der Waals surface area contributed by atoms with Crippen molar-refractivity contribution < 1.29 is 9.59 Å². The van der Waals surface area contributed by atoms with Gasteiger partial charge in [-0.05, 0) is 12.8 Å². The third kappa shape index (κ3) is 2.79. The summed E-state index contributed by atoms with van der Waals surface area (Å²) >= 11 is 1.42. The van der Waals surface area contributed by atoms with Crippen LogP contribution in [-0.4, -0.2) is 56.5 Å². The van der Waals surface area contributed by atoms with Crippen LogP contribution in [0.25, 0.3) is 0 Å². The molecule has 2 aromatic rings. The Kier molecular flexibility index (Phi) is 4.01. The largest absolute Gasteiger partial charge is 0.342 e. The van der Waals surface area contributed by atoms with Crippen molar-refractivity contribution in [3.05, 3.63) is 23.7 Å². The number of aromatic amines is 1. The predicted octanol–water partition coefficient (Wildman–Crippen LogP) is 1.02. The molecule has 1 unspecified atom stereocenters. The topological polar surface area (TPSA) is 95.1 Å². The Morgan fingerprint density at radius 1 is 1.29 bits per heavy atom. The minimum Gasteiger partial charge on any atom is -0.342 e. The van der Waals surface area contributed by atoms with Gasteiger partial charge in [-0.2, -0.15) is 5.10 Å². The number of H-pyrrole nitrogens is 1. The Balaban J connectivity index is 1.36. The molecule has 8 nitrogen and oxygen atoms in total. The molecule has 2 fully saturated rings. The quantitative estimate of drug-likeness (QED) is 0.895. The van der Waals surface area contributed by atoms with E-state index >= 15 is 0 Å². The van der Waals surface area contributed by atoms with Crippen molar-refractivity contribution in [2.75, 3.05) is 24.5 Å². The lowest BCUT2D eigenvalue weighted by Gasteiger charge is -2.32. The number of amides is 2. The number of carbonyl (C=O) groups excluding carboxylic acids is 2. The number of thiazole rings is 1. The Morgan fingerprint density at radius 2 is 2.12 bits per heavy atom. The van der Waals surface area contributed by atoms with Gasteiger partial charge < -0.3 is 4.90 Å². The fourth-order valence-corrected chi connectivity index (χ4v) is 4.12. The van der Waals surface area contributed by atoms with Gasteiger partial charge in [0.2, 0.25) is 11.8 Å². The van der Waals surface area contributed by atoms with Gasteiger partial charge in [0.1, 0.15) is 12.2 Å². The lowest BCUT2D eigenvalue weighted by molar-refractivity contribution is -0.136. The normalized spacial score (nSPS) is 22.3. The van der Waals surface area contributed by atoms with E-state index in [9.17, 15) is 9.59 Å². The third-order valence-electron chi connectivity index (χ3n) is 4.75. The maximum absolute atomic E-state index is 12.7. The summed E-state index contributed by atoms with van der Waals surface area (Å²) in [4.78, 5) is 36.8. The van der Waals surface area contributed by atoms with Crippen molar-refractivity contribution in [2.45, 2.75) is 25.2 Å². The number of hydrogen-bond donors (Lipinski definition) is 1. The Bertz CT molecular complexity index is 708. The van der Waals surface area contributed by atoms with Gasteiger partial charge in [0.15, 0.2) is 5.13 Å². The fourth-order valence-electron chi connectivity index (χ4n) is 3.45. The van der Waals surface area contributed by atoms with Gasteiger partial charge in [-0.15, -0.1) is 11.3 Å². The highest BCUT2D eigenvalue weighted by atomic mass is 32.1. The number of rotatable bonds is 3. The highest BCUT2D eigenvalue weighted by molar-refractivity contribution is 7.13. The van der Waals surface area contributed by atoms with Crippen LogP contribution in [0.3, 0.4) is 0 Å². The maximum atomic E-state index is 12.7. The van der Waals surface area contributed by atoms with E-state index in [0.29, 0.717) is 30.7 Å². The minimum absolute atomic E-state index is 0.0140. The Morgan fingerprint density at radius 3 is 2.79 bits per heavy atom. The van der Waals surface area contributed by atoms with E-state index in [1.54, 1.807) is 11.1 Å². The second-order valence-electron chi connectivity index (χ2n) is 6.19. The van der Waals surface area contributed by atoms with Crippen LogP contribution in [0.1, 0.15) is 31.0 Å². The number of anilines is 1. The van der Waals surface area contributed by atoms with Crippen LogP contribution in [0, 0.1) is 5.92 Å². The zero-order valence-corrected chi connectivity index (χ0v) is 13.9. The van der Waals surface area contributed by atoms with Crippen LogP contribution in [-0.2, 0) is 9.59 Å². The molecule has 0 aliphatic carbocycles. The number of likely N-dealkylation sites (tertiary alicyclic amines) is 1. The first-order chi connectivity index (χ1) is 11.7. The molecule has 24 heavy (non-hydrogen) atoms. The van der Waals surface area contributed by atoms with E-state index in [1.165, 1.54) is 17.7 Å². The van der Waals surface area contributed by atoms with Crippen molar-refractivity contribution >= 4 is 28.3 Å². The van der Waals surface area contributed by atoms with Gasteiger partial charge >= 0.3 is 0 Å². The average molecular weight is 346 g/mol. The van der Waals surface area contributed by atoms with Gasteiger partial charge in [0, 0.05) is 43.5 Å². The molecule has 0 aromatic carbocycles. The molecule has 2 aromatic heterocycles. The molecule has 1 N–H and O–H groups in total. The monoisotopic (exact) mass is 346 g/mol. The molecule has 0 bridgehead atoms. The van der Waals surface area contributed by atoms with E-state index in [-0.39, 0.29) is 24.2 Å². The molecule has 1 atom stereocenters. The highest BCUT2D eigenvalue weighted by Gasteiger charge is 2.39. The SMILES string of the molecule is O=C(C1CC(=O)N(c2nccs2)C1)N1CCC(c2ncn[nH]2)CC1. The van der Waals surface area contributed by atoms with E-state index in [1.807, 2.05) is 10.3 Å². The summed E-state index contributed by atoms with van der Waals surface area (Å²) < 4.78 is 0. The number of nitrogens with zero attached hydrogens (tertiary/aromatic N) is 5. The number of piperidine rings is 1. The summed E-state index contributed by atoms with van der Waals surface area (Å²) in [5, 5.41) is 9.32. The number of carbonyl (C=O) groups is 2. The maximum Gasteiger partial charge on any atom is 0.229 e. The first-order valence-electron chi connectivity index (χ1n) is 8.06. The van der Waals surface area contributed by atoms with Gasteiger partial charge in [0.25, 0.3) is 0 Å². The number of hydrogen-bond acceptors (Lipinski definition) is 6. The number of nitrogens with one attached hydrogen (secondary N) is 1. The van der Waals surface area contributed by atoms with E-state index in [4.69, 9.17) is 0 Å². The smallest absolute Gasteiger partial charge is 0.229 e. The first kappa shape index (κ1) is 15.3. The molecular formula is C15H18N6O2S. The van der Waals surface area contributed by atoms with Gasteiger partial charge in [-0.3, -0.25) is 19.6 Å². The number of aromatic nitrogens is 4. The molecule has 2 aliphatic rings. The summed E-state index contributed by atoms with van der Waals surface area (Å²) in [6, 6.07) is 0. The van der Waals surface area contributed by atoms with Crippen molar-refractivity contribution in [1.29, 1.82) is 0 Å². The van der Waals surface area contributed by atoms with Gasteiger partial charge in [0.05, 0.1) is 5.92 Å². The molecule has 2 aliphatic heterocycles. The molecule has 2 amide bonds. The van der Waals surface area contributed by atoms with Crippen molar-refractivity contribution in [3.63, 3.8) is 0 Å². The zero-order chi connectivity index (χ0) is 16.5. The van der Waals surface area contributed by atoms with Crippen molar-refractivity contribution in [2.24, 2.45) is 5.92 Å². The molecular weight excluding hydrogens is 328 g/mol. The fraction of sp³-hybridized carbons (Fsp3) is 0.533. The summed E-state index contributed by atoms with van der Waals surface area (Å²) in [5.41, 5.74) is 0. The van der Waals surface area contributed by atoms with Crippen LogP contribution in [0.5, 0.6) is 0 Å².